The van der Waals surface area contributed by atoms with Crippen molar-refractivity contribution in [3.8, 4) is 0 Å². The lowest BCUT2D eigenvalue weighted by atomic mass is 9.99. The summed E-state index contributed by atoms with van der Waals surface area (Å²) < 4.78 is 16.2. The minimum absolute atomic E-state index is 0.0454. The number of fused-ring (bicyclic) bond motifs is 1. The number of allylic oxidation sites excluding steroid dienone is 7. The van der Waals surface area contributed by atoms with Crippen molar-refractivity contribution < 1.29 is 23.8 Å². The van der Waals surface area contributed by atoms with Crippen molar-refractivity contribution in [2.24, 2.45) is 5.92 Å². The fraction of sp³-hybridized carbons (Fsp3) is 0.368. The van der Waals surface area contributed by atoms with Crippen LogP contribution in [0.2, 0.25) is 0 Å². The normalized spacial score (nSPS) is 32.8. The van der Waals surface area contributed by atoms with Gasteiger partial charge in [-0.3, -0.25) is 0 Å². The highest BCUT2D eigenvalue weighted by Gasteiger charge is 2.56. The van der Waals surface area contributed by atoms with Gasteiger partial charge < -0.3 is 14.2 Å². The molecule has 24 heavy (non-hydrogen) atoms. The quantitative estimate of drug-likeness (QED) is 0.426. The van der Waals surface area contributed by atoms with E-state index in [1.54, 1.807) is 36.5 Å². The molecule has 5 atom stereocenters. The predicted octanol–water partition coefficient (Wildman–Crippen LogP) is 2.66. The van der Waals surface area contributed by atoms with Gasteiger partial charge in [-0.25, -0.2) is 9.59 Å². The maximum Gasteiger partial charge on any atom is 0.350 e. The molecule has 2 saturated heterocycles. The van der Waals surface area contributed by atoms with Gasteiger partial charge in [0.05, 0.1) is 6.10 Å². The zero-order valence-corrected chi connectivity index (χ0v) is 13.9. The van der Waals surface area contributed by atoms with Crippen molar-refractivity contribution in [3.63, 3.8) is 0 Å². The lowest BCUT2D eigenvalue weighted by Gasteiger charge is -2.14. The zero-order valence-electron chi connectivity index (χ0n) is 13.9. The molecule has 0 radical (unpaired) electrons. The largest absolute Gasteiger partial charge is 0.456 e. The molecule has 0 aliphatic carbocycles. The van der Waals surface area contributed by atoms with Gasteiger partial charge in [-0.15, -0.1) is 0 Å². The third-order valence-electron chi connectivity index (χ3n) is 4.13. The molecule has 2 fully saturated rings. The molecule has 0 bridgehead atoms. The van der Waals surface area contributed by atoms with Gasteiger partial charge in [0.1, 0.15) is 12.2 Å². The van der Waals surface area contributed by atoms with Crippen LogP contribution in [0.3, 0.4) is 0 Å². The Balaban J connectivity index is 2.01. The SMILES string of the molecule is C=C\C=C/C(/C=C/C(=O)OC1C(=O)O[C@@H]2C(C)C(C)O[C@H]12)=C\C=C. The molecule has 128 valence electrons. The Hall–Kier alpha value is -2.40. The summed E-state index contributed by atoms with van der Waals surface area (Å²) in [7, 11) is 0. The first kappa shape index (κ1) is 17.9. The lowest BCUT2D eigenvalue weighted by molar-refractivity contribution is -0.163. The summed E-state index contributed by atoms with van der Waals surface area (Å²) in [5, 5.41) is 0. The molecule has 0 aromatic rings. The van der Waals surface area contributed by atoms with Crippen LogP contribution >= 0.6 is 0 Å². The summed E-state index contributed by atoms with van der Waals surface area (Å²) >= 11 is 0. The Morgan fingerprint density at radius 3 is 2.54 bits per heavy atom. The second-order valence-corrected chi connectivity index (χ2v) is 5.75. The van der Waals surface area contributed by atoms with Crippen molar-refractivity contribution in [1.82, 2.24) is 0 Å². The van der Waals surface area contributed by atoms with E-state index in [2.05, 4.69) is 13.2 Å². The summed E-state index contributed by atoms with van der Waals surface area (Å²) in [5.74, 6) is -1.11. The van der Waals surface area contributed by atoms with Crippen molar-refractivity contribution in [1.29, 1.82) is 0 Å². The standard InChI is InChI=1S/C19H22O5/c1-5-7-9-14(8-6-2)10-11-15(20)23-18-17-16(24-19(18)21)12(3)13(4)22-17/h5-13,16-18H,1-2H2,3-4H3/b9-7-,11-10+,14-8+/t12?,13?,16-,17+,18?/m1/s1. The van der Waals surface area contributed by atoms with Gasteiger partial charge in [-0.1, -0.05) is 50.5 Å². The van der Waals surface area contributed by atoms with Crippen LogP contribution in [0.4, 0.5) is 0 Å². The van der Waals surface area contributed by atoms with Crippen molar-refractivity contribution in [2.45, 2.75) is 38.3 Å². The molecular weight excluding hydrogens is 308 g/mol. The van der Waals surface area contributed by atoms with Gasteiger partial charge >= 0.3 is 11.9 Å². The minimum Gasteiger partial charge on any atom is -0.456 e. The molecule has 2 rings (SSSR count). The minimum atomic E-state index is -1.02. The van der Waals surface area contributed by atoms with Crippen LogP contribution in [0.5, 0.6) is 0 Å². The highest BCUT2D eigenvalue weighted by Crippen LogP contribution is 2.37. The predicted molar refractivity (Wildman–Crippen MR) is 90.0 cm³/mol. The Labute approximate surface area is 142 Å². The van der Waals surface area contributed by atoms with Gasteiger partial charge in [0.25, 0.3) is 0 Å². The van der Waals surface area contributed by atoms with Gasteiger partial charge in [0.15, 0.2) is 0 Å². The summed E-state index contributed by atoms with van der Waals surface area (Å²) in [6, 6.07) is 0. The highest BCUT2D eigenvalue weighted by molar-refractivity contribution is 5.87. The molecule has 5 heteroatoms. The molecular formula is C19H22O5. The van der Waals surface area contributed by atoms with Crippen LogP contribution in [0.25, 0.3) is 0 Å². The third kappa shape index (κ3) is 3.92. The van der Waals surface area contributed by atoms with Crippen molar-refractivity contribution >= 4 is 11.9 Å². The number of carbonyl (C=O) groups excluding carboxylic acids is 2. The Morgan fingerprint density at radius 2 is 1.88 bits per heavy atom. The monoisotopic (exact) mass is 330 g/mol. The Kier molecular flexibility index (Phi) is 5.93. The summed E-state index contributed by atoms with van der Waals surface area (Å²) in [6.07, 6.45) is 9.32. The Bertz CT molecular complexity index is 613. The lowest BCUT2D eigenvalue weighted by Crippen LogP contribution is -2.34. The van der Waals surface area contributed by atoms with E-state index in [9.17, 15) is 9.59 Å². The van der Waals surface area contributed by atoms with Crippen molar-refractivity contribution in [2.75, 3.05) is 0 Å². The van der Waals surface area contributed by atoms with Gasteiger partial charge in [0.2, 0.25) is 6.10 Å². The fourth-order valence-electron chi connectivity index (χ4n) is 2.69. The maximum absolute atomic E-state index is 12.0. The van der Waals surface area contributed by atoms with E-state index in [4.69, 9.17) is 14.2 Å². The van der Waals surface area contributed by atoms with E-state index in [0.29, 0.717) is 0 Å². The summed E-state index contributed by atoms with van der Waals surface area (Å²) in [5.41, 5.74) is 0.744. The topological polar surface area (TPSA) is 61.8 Å². The molecule has 0 spiro atoms. The first-order valence-corrected chi connectivity index (χ1v) is 7.84. The maximum atomic E-state index is 12.0. The average Bonchev–Trinajstić information content (AvgIpc) is 2.99. The van der Waals surface area contributed by atoms with Gasteiger partial charge in [-0.2, -0.15) is 0 Å². The van der Waals surface area contributed by atoms with Crippen LogP contribution in [0.1, 0.15) is 13.8 Å². The fourth-order valence-corrected chi connectivity index (χ4v) is 2.69. The van der Waals surface area contributed by atoms with Crippen LogP contribution < -0.4 is 0 Å². The second-order valence-electron chi connectivity index (χ2n) is 5.75. The number of rotatable bonds is 6. The van der Waals surface area contributed by atoms with Crippen LogP contribution in [-0.4, -0.2) is 36.4 Å². The van der Waals surface area contributed by atoms with E-state index >= 15 is 0 Å². The average molecular weight is 330 g/mol. The first-order valence-electron chi connectivity index (χ1n) is 7.84. The Morgan fingerprint density at radius 1 is 1.12 bits per heavy atom. The number of ether oxygens (including phenoxy) is 3. The van der Waals surface area contributed by atoms with Crippen LogP contribution in [0.15, 0.2) is 61.3 Å². The van der Waals surface area contributed by atoms with E-state index in [1.807, 2.05) is 13.8 Å². The third-order valence-corrected chi connectivity index (χ3v) is 4.13. The second kappa shape index (κ2) is 7.93. The molecule has 0 aromatic heterocycles. The zero-order chi connectivity index (χ0) is 17.7. The first-order chi connectivity index (χ1) is 11.5. The molecule has 2 aliphatic heterocycles. The highest BCUT2D eigenvalue weighted by atomic mass is 16.7. The van der Waals surface area contributed by atoms with Gasteiger partial charge in [-0.05, 0) is 18.6 Å². The smallest absolute Gasteiger partial charge is 0.350 e. The molecule has 0 saturated carbocycles. The number of hydrogen-bond acceptors (Lipinski definition) is 5. The summed E-state index contributed by atoms with van der Waals surface area (Å²) in [4.78, 5) is 23.9. The van der Waals surface area contributed by atoms with E-state index in [1.165, 1.54) is 6.08 Å². The van der Waals surface area contributed by atoms with Gasteiger partial charge in [0, 0.05) is 12.0 Å². The molecule has 2 aliphatic rings. The van der Waals surface area contributed by atoms with Crippen molar-refractivity contribution in [3.05, 3.63) is 61.3 Å². The molecule has 0 N–H and O–H groups in total. The number of carbonyl (C=O) groups is 2. The van der Waals surface area contributed by atoms with E-state index in [0.717, 1.165) is 5.57 Å². The van der Waals surface area contributed by atoms with Crippen LogP contribution in [-0.2, 0) is 23.8 Å². The molecule has 5 nitrogen and oxygen atoms in total. The molecule has 3 unspecified atom stereocenters. The van der Waals surface area contributed by atoms with Crippen LogP contribution in [0, 0.1) is 5.92 Å². The molecule has 0 aromatic carbocycles. The molecule has 0 amide bonds. The van der Waals surface area contributed by atoms with E-state index in [-0.39, 0.29) is 18.1 Å². The summed E-state index contributed by atoms with van der Waals surface area (Å²) in [6.45, 7) is 11.1. The number of hydrogen-bond donors (Lipinski definition) is 0. The van der Waals surface area contributed by atoms with E-state index < -0.39 is 24.1 Å². The number of esters is 2. The molecule has 2 heterocycles.